The summed E-state index contributed by atoms with van der Waals surface area (Å²) in [5, 5.41) is 22.6. The van der Waals surface area contributed by atoms with Crippen LogP contribution in [0, 0.1) is 0 Å². The first-order chi connectivity index (χ1) is 16.7. The molecule has 2 aliphatic rings. The lowest BCUT2D eigenvalue weighted by molar-refractivity contribution is -0.169. The van der Waals surface area contributed by atoms with E-state index < -0.39 is 29.9 Å². The van der Waals surface area contributed by atoms with Gasteiger partial charge in [-0.1, -0.05) is 11.2 Å². The predicted octanol–water partition coefficient (Wildman–Crippen LogP) is 1.56. The number of hydrogen-bond donors (Lipinski definition) is 4. The second kappa shape index (κ2) is 9.33. The molecule has 12 heteroatoms. The molecule has 0 bridgehead atoms. The fourth-order valence-electron chi connectivity index (χ4n) is 3.92. The van der Waals surface area contributed by atoms with E-state index in [1.807, 2.05) is 0 Å². The van der Waals surface area contributed by atoms with E-state index in [-0.39, 0.29) is 36.2 Å². The fraction of sp³-hybridized carbons (Fsp3) is 0.261. The van der Waals surface area contributed by atoms with E-state index in [4.69, 9.17) is 30.9 Å². The minimum absolute atomic E-state index is 0.0995. The first kappa shape index (κ1) is 23.5. The number of para-hydroxylation sites is 1. The van der Waals surface area contributed by atoms with Gasteiger partial charge in [-0.2, -0.15) is 0 Å². The van der Waals surface area contributed by atoms with E-state index in [0.29, 0.717) is 35.2 Å². The van der Waals surface area contributed by atoms with Gasteiger partial charge in [0.1, 0.15) is 0 Å². The van der Waals surface area contributed by atoms with Gasteiger partial charge in [-0.3, -0.25) is 4.79 Å². The maximum atomic E-state index is 13.0. The number of aryl methyl sites for hydroxylation is 1. The van der Waals surface area contributed by atoms with E-state index in [2.05, 4.69) is 10.1 Å². The molecule has 0 fully saturated rings. The molecule has 0 aliphatic carbocycles. The molecular formula is C23H22N4O8. The lowest BCUT2D eigenvalue weighted by Crippen LogP contribution is -2.41. The maximum absolute atomic E-state index is 13.0. The Kier molecular flexibility index (Phi) is 6.28. The molecule has 0 aromatic heterocycles. The van der Waals surface area contributed by atoms with Gasteiger partial charge in [-0.25, -0.2) is 14.6 Å². The standard InChI is InChI=1S/C23H22N4O8/c24-22(25)26-13-6-7-14-12(9-13)3-2-8-33-19-15(4-1-5-17(19)34-20(14)30)16-10-23(21(31)32,35-27-16)11-18(28)29/h1,4-7,9H,2-3,8,10-11H2,(H,28,29)(H,31,32)(H4,24,25,26). The van der Waals surface area contributed by atoms with Crippen molar-refractivity contribution < 1.29 is 38.9 Å². The van der Waals surface area contributed by atoms with E-state index >= 15 is 0 Å². The van der Waals surface area contributed by atoms with Crippen LogP contribution in [0.3, 0.4) is 0 Å². The monoisotopic (exact) mass is 482 g/mol. The second-order valence-corrected chi connectivity index (χ2v) is 8.03. The highest BCUT2D eigenvalue weighted by Gasteiger charge is 2.49. The highest BCUT2D eigenvalue weighted by Crippen LogP contribution is 2.38. The molecule has 35 heavy (non-hydrogen) atoms. The minimum atomic E-state index is -2.04. The van der Waals surface area contributed by atoms with Crippen molar-refractivity contribution in [3.63, 3.8) is 0 Å². The lowest BCUT2D eigenvalue weighted by atomic mass is 9.91. The van der Waals surface area contributed by atoms with Crippen LogP contribution in [0.2, 0.25) is 0 Å². The number of oxime groups is 1. The van der Waals surface area contributed by atoms with Crippen molar-refractivity contribution in [3.05, 3.63) is 53.1 Å². The first-order valence-electron chi connectivity index (χ1n) is 10.6. The van der Waals surface area contributed by atoms with E-state index in [9.17, 15) is 19.5 Å². The Balaban J connectivity index is 1.67. The molecule has 2 aliphatic heterocycles. The van der Waals surface area contributed by atoms with Gasteiger partial charge < -0.3 is 36.0 Å². The minimum Gasteiger partial charge on any atom is -0.489 e. The van der Waals surface area contributed by atoms with Crippen molar-refractivity contribution in [2.45, 2.75) is 31.3 Å². The smallest absolute Gasteiger partial charge is 0.351 e. The Labute approximate surface area is 198 Å². The summed E-state index contributed by atoms with van der Waals surface area (Å²) in [6.07, 6.45) is -0.0848. The van der Waals surface area contributed by atoms with E-state index in [0.717, 1.165) is 0 Å². The number of nitrogens with zero attached hydrogens (tertiary/aromatic N) is 2. The zero-order chi connectivity index (χ0) is 25.2. The molecule has 1 atom stereocenters. The van der Waals surface area contributed by atoms with Crippen LogP contribution in [0.15, 0.2) is 46.5 Å². The molecule has 0 spiro atoms. The molecule has 0 amide bonds. The summed E-state index contributed by atoms with van der Waals surface area (Å²) in [6, 6.07) is 9.59. The number of carboxylic acids is 2. The number of rotatable bonds is 5. The zero-order valence-electron chi connectivity index (χ0n) is 18.4. The van der Waals surface area contributed by atoms with Crippen molar-refractivity contribution in [3.8, 4) is 11.5 Å². The molecule has 2 aromatic carbocycles. The lowest BCUT2D eigenvalue weighted by Gasteiger charge is -2.20. The summed E-state index contributed by atoms with van der Waals surface area (Å²) < 4.78 is 11.6. The Morgan fingerprint density at radius 3 is 2.66 bits per heavy atom. The quantitative estimate of drug-likeness (QED) is 0.210. The highest BCUT2D eigenvalue weighted by molar-refractivity contribution is 6.08. The van der Waals surface area contributed by atoms with Crippen molar-refractivity contribution in [1.29, 1.82) is 0 Å². The molecule has 2 heterocycles. The normalized spacial score (nSPS) is 19.1. The van der Waals surface area contributed by atoms with Gasteiger partial charge in [0.2, 0.25) is 5.60 Å². The summed E-state index contributed by atoms with van der Waals surface area (Å²) in [5.41, 5.74) is 10.9. The van der Waals surface area contributed by atoms with Gasteiger partial charge in [0.15, 0.2) is 17.5 Å². The highest BCUT2D eigenvalue weighted by atomic mass is 16.7. The number of carboxylic acid groups (broad SMARTS) is 2. The molecule has 0 saturated heterocycles. The van der Waals surface area contributed by atoms with E-state index in [1.54, 1.807) is 30.3 Å². The third-order valence-corrected chi connectivity index (χ3v) is 5.51. The molecule has 0 radical (unpaired) electrons. The molecule has 4 rings (SSSR count). The average molecular weight is 482 g/mol. The van der Waals surface area contributed by atoms with Crippen LogP contribution in [-0.2, 0) is 20.8 Å². The Hall–Kier alpha value is -4.61. The molecule has 182 valence electrons. The third-order valence-electron chi connectivity index (χ3n) is 5.51. The van der Waals surface area contributed by atoms with Gasteiger partial charge in [-0.05, 0) is 48.7 Å². The number of carbonyl (C=O) groups excluding carboxylic acids is 1. The largest absolute Gasteiger partial charge is 0.489 e. The maximum Gasteiger partial charge on any atom is 0.351 e. The van der Waals surface area contributed by atoms with Crippen LogP contribution in [0.5, 0.6) is 11.5 Å². The number of esters is 1. The number of carbonyl (C=O) groups is 3. The first-order valence-corrected chi connectivity index (χ1v) is 10.6. The van der Waals surface area contributed by atoms with Crippen LogP contribution < -0.4 is 20.9 Å². The molecule has 12 nitrogen and oxygen atoms in total. The van der Waals surface area contributed by atoms with Gasteiger partial charge >= 0.3 is 17.9 Å². The Morgan fingerprint density at radius 2 is 1.94 bits per heavy atom. The molecular weight excluding hydrogens is 460 g/mol. The molecule has 1 unspecified atom stereocenters. The predicted molar refractivity (Wildman–Crippen MR) is 122 cm³/mol. The number of fused-ring (bicyclic) bond motifs is 2. The number of ether oxygens (including phenoxy) is 2. The molecule has 2 aromatic rings. The topological polar surface area (TPSA) is 196 Å². The third kappa shape index (κ3) is 4.86. The Morgan fingerprint density at radius 1 is 1.14 bits per heavy atom. The summed E-state index contributed by atoms with van der Waals surface area (Å²) >= 11 is 0. The summed E-state index contributed by atoms with van der Waals surface area (Å²) in [4.78, 5) is 45.1. The van der Waals surface area contributed by atoms with Crippen molar-refractivity contribution in [2.24, 2.45) is 21.6 Å². The van der Waals surface area contributed by atoms with Gasteiger partial charge in [0.05, 0.1) is 30.0 Å². The van der Waals surface area contributed by atoms with Gasteiger partial charge in [-0.15, -0.1) is 0 Å². The van der Waals surface area contributed by atoms with Crippen LogP contribution in [-0.4, -0.2) is 52.0 Å². The van der Waals surface area contributed by atoms with Crippen LogP contribution in [0.25, 0.3) is 0 Å². The number of nitrogens with two attached hydrogens (primary N) is 2. The fourth-order valence-corrected chi connectivity index (χ4v) is 3.92. The van der Waals surface area contributed by atoms with Gasteiger partial charge in [0.25, 0.3) is 0 Å². The second-order valence-electron chi connectivity index (χ2n) is 8.03. The number of benzene rings is 2. The number of aliphatic carboxylic acids is 2. The number of hydrogen-bond acceptors (Lipinski definition) is 8. The van der Waals surface area contributed by atoms with Crippen LogP contribution in [0.1, 0.15) is 40.7 Å². The number of aliphatic imine (C=N–C) groups is 1. The van der Waals surface area contributed by atoms with Crippen molar-refractivity contribution in [2.75, 3.05) is 6.61 Å². The number of guanidine groups is 1. The Bertz CT molecular complexity index is 1270. The SMILES string of the molecule is NC(N)=Nc1ccc2c(c1)CCCOc1c(cccc1C1=NOC(CC(=O)O)(C(=O)O)C1)OC2=O. The summed E-state index contributed by atoms with van der Waals surface area (Å²) in [5.74, 6) is -3.24. The van der Waals surface area contributed by atoms with Crippen LogP contribution >= 0.6 is 0 Å². The van der Waals surface area contributed by atoms with Crippen LogP contribution in [0.4, 0.5) is 5.69 Å². The molecule has 0 saturated carbocycles. The molecule has 6 N–H and O–H groups in total. The summed E-state index contributed by atoms with van der Waals surface area (Å²) in [6.45, 7) is 0.237. The zero-order valence-corrected chi connectivity index (χ0v) is 18.4. The average Bonchev–Trinajstić information content (AvgIpc) is 3.21. The summed E-state index contributed by atoms with van der Waals surface area (Å²) in [7, 11) is 0. The van der Waals surface area contributed by atoms with Crippen molar-refractivity contribution >= 4 is 35.3 Å². The van der Waals surface area contributed by atoms with Gasteiger partial charge in [0, 0.05) is 12.0 Å². The van der Waals surface area contributed by atoms with Crippen molar-refractivity contribution in [1.82, 2.24) is 0 Å². The van der Waals surface area contributed by atoms with E-state index in [1.165, 1.54) is 6.07 Å².